The average molecular weight is 341 g/mol. The monoisotopic (exact) mass is 341 g/mol. The maximum atomic E-state index is 5.50. The summed E-state index contributed by atoms with van der Waals surface area (Å²) in [4.78, 5) is 0. The molecule has 0 heterocycles. The minimum absolute atomic E-state index is 0. The molecule has 0 unspecified atom stereocenters. The molecule has 2 rings (SSSR count). The number of methoxy groups -OCH3 is 2. The van der Waals surface area contributed by atoms with Crippen LogP contribution in [0.1, 0.15) is 0 Å². The number of para-hydroxylation sites is 4. The summed E-state index contributed by atoms with van der Waals surface area (Å²) >= 11 is 0.374. The molecule has 0 fully saturated rings. The van der Waals surface area contributed by atoms with Gasteiger partial charge in [0.1, 0.15) is 0 Å². The Morgan fingerprint density at radius 2 is 0.952 bits per heavy atom. The van der Waals surface area contributed by atoms with E-state index in [9.17, 15) is 0 Å². The fraction of sp³-hybridized carbons (Fsp3) is 0.143. The van der Waals surface area contributed by atoms with Crippen molar-refractivity contribution in [2.24, 2.45) is 0 Å². The Hall–Kier alpha value is -1.93. The van der Waals surface area contributed by atoms with Gasteiger partial charge in [-0.3, -0.25) is 0 Å². The largest absolute Gasteiger partial charge is 0.412 e. The maximum Gasteiger partial charge on any atom is -0.412 e. The van der Waals surface area contributed by atoms with E-state index in [1.807, 2.05) is 48.5 Å². The van der Waals surface area contributed by atoms with Crippen LogP contribution in [0.3, 0.4) is 0 Å². The van der Waals surface area contributed by atoms with Gasteiger partial charge in [0.05, 0.1) is 0 Å². The first kappa shape index (κ1) is 19.1. The molecule has 0 bridgehead atoms. The molecule has 6 nitrogen and oxygen atoms in total. The topological polar surface area (TPSA) is 99.9 Å². The molecule has 0 atom stereocenters. The van der Waals surface area contributed by atoms with E-state index in [0.29, 0.717) is 38.3 Å². The van der Waals surface area contributed by atoms with Crippen LogP contribution in [-0.2, 0) is 15.3 Å². The Morgan fingerprint density at radius 1 is 0.619 bits per heavy atom. The molecule has 0 aliphatic carbocycles. The van der Waals surface area contributed by atoms with E-state index in [-0.39, 0.29) is 11.0 Å². The molecule has 0 radical (unpaired) electrons. The molecule has 4 N–H and O–H groups in total. The van der Waals surface area contributed by atoms with Crippen LogP contribution < -0.4 is 17.2 Å². The molecule has 0 saturated heterocycles. The van der Waals surface area contributed by atoms with Crippen molar-refractivity contribution in [1.82, 2.24) is 0 Å². The van der Waals surface area contributed by atoms with E-state index in [0.717, 1.165) is 0 Å². The Kier molecular flexibility index (Phi) is 8.98. The number of benzene rings is 2. The van der Waals surface area contributed by atoms with Gasteiger partial charge in [0.15, 0.2) is 0 Å². The average Bonchev–Trinajstić information content (AvgIpc) is 2.48. The van der Waals surface area contributed by atoms with Gasteiger partial charge < -0.3 is 11.0 Å². The molecule has 7 heteroatoms. The zero-order valence-electron chi connectivity index (χ0n) is 11.6. The molecular formula is C14H18CoO6. The molecule has 119 valence electrons. The predicted molar refractivity (Wildman–Crippen MR) is 74.5 cm³/mol. The van der Waals surface area contributed by atoms with Crippen LogP contribution >= 0.6 is 0 Å². The maximum absolute atomic E-state index is 5.50. The van der Waals surface area contributed by atoms with Gasteiger partial charge in [-0.2, -0.15) is 0 Å². The molecule has 21 heavy (non-hydrogen) atoms. The fourth-order valence-corrected chi connectivity index (χ4v) is 2.01. The Balaban J connectivity index is 0.00000200. The first-order valence-electron chi connectivity index (χ1n) is 5.56. The third-order valence-electron chi connectivity index (χ3n) is 2.34. The third kappa shape index (κ3) is 5.16. The van der Waals surface area contributed by atoms with Crippen molar-refractivity contribution in [3.63, 3.8) is 0 Å². The summed E-state index contributed by atoms with van der Waals surface area (Å²) in [5.41, 5.74) is 0. The fourth-order valence-electron chi connectivity index (χ4n) is 1.42. The summed E-state index contributed by atoms with van der Waals surface area (Å²) in [6.45, 7) is 0. The number of ether oxygens (including phenoxy) is 2. The normalized spacial score (nSPS) is 9.05. The molecule has 2 aromatic rings. The first-order chi connectivity index (χ1) is 9.35. The van der Waals surface area contributed by atoms with Crippen molar-refractivity contribution in [3.8, 4) is 23.0 Å². The SMILES string of the molecule is COc1ccccc1[O][Co][O]c1ccccc1OC.O.O. The predicted octanol–water partition coefficient (Wildman–Crippen LogP) is 1.42. The van der Waals surface area contributed by atoms with Crippen LogP contribution in [0, 0.1) is 0 Å². The second-order valence-electron chi connectivity index (χ2n) is 3.49. The van der Waals surface area contributed by atoms with Gasteiger partial charge in [-0.25, -0.2) is 0 Å². The van der Waals surface area contributed by atoms with Gasteiger partial charge in [-0.15, -0.1) is 0 Å². The Labute approximate surface area is 129 Å². The second-order valence-corrected chi connectivity index (χ2v) is 4.09. The van der Waals surface area contributed by atoms with Gasteiger partial charge in [0.25, 0.3) is 0 Å². The van der Waals surface area contributed by atoms with E-state index >= 15 is 0 Å². The quantitative estimate of drug-likeness (QED) is 0.793. The third-order valence-corrected chi connectivity index (χ3v) is 2.97. The second kappa shape index (κ2) is 9.89. The molecular weight excluding hydrogens is 323 g/mol. The van der Waals surface area contributed by atoms with E-state index in [4.69, 9.17) is 17.2 Å². The number of rotatable bonds is 6. The van der Waals surface area contributed by atoms with Crippen LogP contribution in [0.25, 0.3) is 0 Å². The summed E-state index contributed by atoms with van der Waals surface area (Å²) in [6, 6.07) is 14.8. The summed E-state index contributed by atoms with van der Waals surface area (Å²) in [7, 11) is 3.19. The Morgan fingerprint density at radius 3 is 1.29 bits per heavy atom. The van der Waals surface area contributed by atoms with Crippen molar-refractivity contribution in [2.75, 3.05) is 14.2 Å². The van der Waals surface area contributed by atoms with Gasteiger partial charge >= 0.3 is 118 Å². The first-order valence-corrected chi connectivity index (χ1v) is 6.41. The summed E-state index contributed by atoms with van der Waals surface area (Å²) in [5.74, 6) is 2.58. The van der Waals surface area contributed by atoms with Crippen LogP contribution in [0.4, 0.5) is 0 Å². The summed E-state index contributed by atoms with van der Waals surface area (Å²) < 4.78 is 21.4. The van der Waals surface area contributed by atoms with E-state index in [2.05, 4.69) is 0 Å². The molecule has 0 saturated carbocycles. The van der Waals surface area contributed by atoms with Crippen molar-refractivity contribution in [1.29, 1.82) is 0 Å². The minimum Gasteiger partial charge on any atom is -0.412 e. The molecule has 0 aliphatic heterocycles. The number of hydrogen-bond donors (Lipinski definition) is 0. The minimum atomic E-state index is 0. The molecule has 0 spiro atoms. The zero-order valence-corrected chi connectivity index (χ0v) is 12.6. The van der Waals surface area contributed by atoms with Crippen LogP contribution in [0.15, 0.2) is 48.5 Å². The molecule has 0 amide bonds. The number of hydrogen-bond acceptors (Lipinski definition) is 4. The van der Waals surface area contributed by atoms with E-state index < -0.39 is 0 Å². The molecule has 2 aromatic carbocycles. The van der Waals surface area contributed by atoms with Gasteiger partial charge in [0.2, 0.25) is 0 Å². The zero-order chi connectivity index (χ0) is 13.5. The van der Waals surface area contributed by atoms with Crippen LogP contribution in [-0.4, -0.2) is 25.2 Å². The Bertz CT molecular complexity index is 487. The van der Waals surface area contributed by atoms with Crippen molar-refractivity contribution in [3.05, 3.63) is 48.5 Å². The summed E-state index contributed by atoms with van der Waals surface area (Å²) in [6.07, 6.45) is 0. The van der Waals surface area contributed by atoms with E-state index in [1.54, 1.807) is 14.2 Å². The van der Waals surface area contributed by atoms with Gasteiger partial charge in [-0.1, -0.05) is 0 Å². The standard InChI is InChI=1S/2C7H8O2.Co.2H2O/c2*1-9-7-5-3-2-4-6(7)8;;;/h2*2-5,8H,1H3;;2*1H2/q;;+2;;/p-2. The summed E-state index contributed by atoms with van der Waals surface area (Å²) in [5, 5.41) is 0. The van der Waals surface area contributed by atoms with Crippen molar-refractivity contribution in [2.45, 2.75) is 0 Å². The van der Waals surface area contributed by atoms with Gasteiger partial charge in [-0.05, 0) is 0 Å². The van der Waals surface area contributed by atoms with E-state index in [1.165, 1.54) is 0 Å². The van der Waals surface area contributed by atoms with Crippen LogP contribution in [0.2, 0.25) is 0 Å². The smallest absolute Gasteiger partial charge is 0.412 e. The van der Waals surface area contributed by atoms with Crippen molar-refractivity contribution < 1.29 is 43.5 Å². The van der Waals surface area contributed by atoms with Gasteiger partial charge in [0, 0.05) is 0 Å². The van der Waals surface area contributed by atoms with Crippen LogP contribution in [0.5, 0.6) is 23.0 Å². The molecule has 0 aromatic heterocycles. The van der Waals surface area contributed by atoms with Crippen molar-refractivity contribution >= 4 is 0 Å². The molecule has 0 aliphatic rings.